The molecule has 0 spiro atoms. The number of rotatable bonds is 2. The first-order valence-electron chi connectivity index (χ1n) is 9.82. The molecule has 0 fully saturated rings. The van der Waals surface area contributed by atoms with Gasteiger partial charge in [-0.15, -0.1) is 0 Å². The van der Waals surface area contributed by atoms with Crippen LogP contribution in [0.15, 0.2) is 24.5 Å². The minimum absolute atomic E-state index is 0.223. The van der Waals surface area contributed by atoms with Crippen LogP contribution in [0.3, 0.4) is 0 Å². The van der Waals surface area contributed by atoms with E-state index in [0.29, 0.717) is 35.7 Å². The van der Waals surface area contributed by atoms with E-state index in [9.17, 15) is 4.79 Å². The number of nitrogens with zero attached hydrogens (tertiary/aromatic N) is 1. The number of carbonyl (C=O) groups is 1. The topological polar surface area (TPSA) is 79.0 Å². The Labute approximate surface area is 173 Å². The third-order valence-electron chi connectivity index (χ3n) is 5.68. The Morgan fingerprint density at radius 2 is 1.97 bits per heavy atom. The molecule has 0 radical (unpaired) electrons. The number of amides is 1. The van der Waals surface area contributed by atoms with Crippen molar-refractivity contribution in [2.45, 2.75) is 20.8 Å². The number of pyridine rings is 1. The molecule has 0 atom stereocenters. The molecule has 0 unspecified atom stereocenters. The van der Waals surface area contributed by atoms with Gasteiger partial charge in [-0.05, 0) is 61.2 Å². The second-order valence-corrected chi connectivity index (χ2v) is 7.68. The summed E-state index contributed by atoms with van der Waals surface area (Å²) >= 11 is 0. The van der Waals surface area contributed by atoms with Crippen molar-refractivity contribution >= 4 is 28.9 Å². The van der Waals surface area contributed by atoms with Gasteiger partial charge in [-0.25, -0.2) is 9.37 Å². The van der Waals surface area contributed by atoms with Crippen molar-refractivity contribution < 1.29 is 13.9 Å². The van der Waals surface area contributed by atoms with Crippen LogP contribution in [0.5, 0.6) is 5.88 Å². The molecule has 0 aliphatic carbocycles. The van der Waals surface area contributed by atoms with E-state index in [-0.39, 0.29) is 11.6 Å². The number of aryl methyl sites for hydroxylation is 1. The Balaban J connectivity index is 1.70. The first kappa shape index (κ1) is 18.4. The van der Waals surface area contributed by atoms with E-state index in [4.69, 9.17) is 4.74 Å². The summed E-state index contributed by atoms with van der Waals surface area (Å²) in [5.74, 6) is -0.223. The lowest BCUT2D eigenvalue weighted by molar-refractivity contribution is -0.110. The number of hydrogen-bond donors (Lipinski definition) is 3. The van der Waals surface area contributed by atoms with Gasteiger partial charge in [0, 0.05) is 35.8 Å². The molecular formula is C23H21FN4O2. The molecule has 3 N–H and O–H groups in total. The van der Waals surface area contributed by atoms with Gasteiger partial charge >= 0.3 is 0 Å². The summed E-state index contributed by atoms with van der Waals surface area (Å²) < 4.78 is 20.7. The van der Waals surface area contributed by atoms with Crippen LogP contribution in [0.1, 0.15) is 27.9 Å². The van der Waals surface area contributed by atoms with Crippen molar-refractivity contribution in [2.24, 2.45) is 0 Å². The van der Waals surface area contributed by atoms with Crippen LogP contribution in [-0.4, -0.2) is 29.0 Å². The van der Waals surface area contributed by atoms with Crippen molar-refractivity contribution in [3.05, 3.63) is 58.3 Å². The van der Waals surface area contributed by atoms with Crippen molar-refractivity contribution in [1.82, 2.24) is 9.97 Å². The number of H-pyrrole nitrogens is 1. The summed E-state index contributed by atoms with van der Waals surface area (Å²) in [5.41, 5.74) is 7.19. The van der Waals surface area contributed by atoms with Crippen molar-refractivity contribution in [3.8, 4) is 17.0 Å². The average Bonchev–Trinajstić information content (AvgIpc) is 3.29. The summed E-state index contributed by atoms with van der Waals surface area (Å²) in [6.07, 6.45) is 5.33. The van der Waals surface area contributed by atoms with Gasteiger partial charge in [0.1, 0.15) is 18.1 Å². The predicted molar refractivity (Wildman–Crippen MR) is 115 cm³/mol. The first-order chi connectivity index (χ1) is 14.4. The quantitative estimate of drug-likeness (QED) is 0.552. The third-order valence-corrected chi connectivity index (χ3v) is 5.68. The van der Waals surface area contributed by atoms with Gasteiger partial charge in [0.2, 0.25) is 5.88 Å². The highest BCUT2D eigenvalue weighted by Crippen LogP contribution is 2.44. The standard InChI is InChI=1S/C23H21FN4O2/c1-11-6-14(26-9-11)7-16-19-12(2)15(8-18(24)21(19)28-22(16)29)17-10-27-23-20(13(17)3)25-4-5-30-23/h6-10,25-26H,4-5H2,1-3H3,(H,28,29). The van der Waals surface area contributed by atoms with E-state index in [2.05, 4.69) is 20.6 Å². The number of anilines is 2. The molecule has 5 rings (SSSR count). The molecule has 152 valence electrons. The van der Waals surface area contributed by atoms with E-state index < -0.39 is 5.82 Å². The molecule has 1 aromatic carbocycles. The molecule has 7 heteroatoms. The summed E-state index contributed by atoms with van der Waals surface area (Å²) in [5, 5.41) is 6.00. The molecule has 4 heterocycles. The van der Waals surface area contributed by atoms with Crippen LogP contribution in [0, 0.1) is 26.6 Å². The molecule has 3 aromatic rings. The minimum atomic E-state index is -0.466. The maximum Gasteiger partial charge on any atom is 0.256 e. The van der Waals surface area contributed by atoms with Crippen molar-refractivity contribution in [3.63, 3.8) is 0 Å². The predicted octanol–water partition coefficient (Wildman–Crippen LogP) is 4.44. The van der Waals surface area contributed by atoms with Crippen LogP contribution < -0.4 is 15.4 Å². The Morgan fingerprint density at radius 1 is 1.13 bits per heavy atom. The largest absolute Gasteiger partial charge is 0.474 e. The smallest absolute Gasteiger partial charge is 0.256 e. The lowest BCUT2D eigenvalue weighted by atomic mass is 9.90. The van der Waals surface area contributed by atoms with Crippen molar-refractivity contribution in [1.29, 1.82) is 0 Å². The second kappa shape index (κ2) is 6.73. The minimum Gasteiger partial charge on any atom is -0.474 e. The van der Waals surface area contributed by atoms with E-state index in [0.717, 1.165) is 33.6 Å². The van der Waals surface area contributed by atoms with Gasteiger partial charge in [0.15, 0.2) is 0 Å². The summed E-state index contributed by atoms with van der Waals surface area (Å²) in [6, 6.07) is 3.41. The number of fused-ring (bicyclic) bond motifs is 2. The molecule has 1 amide bonds. The van der Waals surface area contributed by atoms with E-state index >= 15 is 4.39 Å². The van der Waals surface area contributed by atoms with Crippen LogP contribution in [0.4, 0.5) is 15.8 Å². The fraction of sp³-hybridized carbons (Fsp3) is 0.217. The van der Waals surface area contributed by atoms with Gasteiger partial charge in [0.25, 0.3) is 5.91 Å². The highest BCUT2D eigenvalue weighted by Gasteiger charge is 2.31. The number of aromatic amines is 1. The zero-order chi connectivity index (χ0) is 21.0. The Bertz CT molecular complexity index is 1240. The lowest BCUT2D eigenvalue weighted by Crippen LogP contribution is -2.20. The number of hydrogen-bond acceptors (Lipinski definition) is 4. The van der Waals surface area contributed by atoms with E-state index in [1.165, 1.54) is 6.07 Å². The summed E-state index contributed by atoms with van der Waals surface area (Å²) in [4.78, 5) is 20.2. The maximum atomic E-state index is 15.1. The molecule has 0 saturated heterocycles. The molecule has 30 heavy (non-hydrogen) atoms. The normalized spacial score (nSPS) is 16.0. The molecule has 6 nitrogen and oxygen atoms in total. The van der Waals surface area contributed by atoms with Crippen LogP contribution in [0.2, 0.25) is 0 Å². The molecule has 2 aliphatic heterocycles. The molecule has 2 aromatic heterocycles. The molecule has 0 saturated carbocycles. The Kier molecular flexibility index (Phi) is 4.13. The molecule has 2 aliphatic rings. The van der Waals surface area contributed by atoms with Gasteiger partial charge < -0.3 is 20.4 Å². The number of carbonyl (C=O) groups excluding carboxylic acids is 1. The Hall–Kier alpha value is -3.61. The summed E-state index contributed by atoms with van der Waals surface area (Å²) in [6.45, 7) is 7.09. The highest BCUT2D eigenvalue weighted by molar-refractivity contribution is 6.35. The highest BCUT2D eigenvalue weighted by atomic mass is 19.1. The maximum absolute atomic E-state index is 15.1. The number of ether oxygens (including phenoxy) is 1. The van der Waals surface area contributed by atoms with Crippen molar-refractivity contribution in [2.75, 3.05) is 23.8 Å². The van der Waals surface area contributed by atoms with E-state index in [1.54, 1.807) is 12.3 Å². The van der Waals surface area contributed by atoms with Gasteiger partial charge in [-0.1, -0.05) is 0 Å². The summed E-state index contributed by atoms with van der Waals surface area (Å²) in [7, 11) is 0. The zero-order valence-corrected chi connectivity index (χ0v) is 16.9. The monoisotopic (exact) mass is 404 g/mol. The molecular weight excluding hydrogens is 383 g/mol. The number of aromatic nitrogens is 2. The van der Waals surface area contributed by atoms with Gasteiger partial charge in [-0.2, -0.15) is 0 Å². The van der Waals surface area contributed by atoms with Crippen LogP contribution in [0.25, 0.3) is 22.8 Å². The second-order valence-electron chi connectivity index (χ2n) is 7.68. The number of nitrogens with one attached hydrogen (secondary N) is 3. The molecule has 0 bridgehead atoms. The zero-order valence-electron chi connectivity index (χ0n) is 16.9. The SMILES string of the molecule is Cc1c[nH]c(C=C2C(=O)Nc3c(F)cc(-c4cnc5c(c4C)NCCO5)c(C)c32)c1. The van der Waals surface area contributed by atoms with Crippen LogP contribution in [-0.2, 0) is 4.79 Å². The lowest BCUT2D eigenvalue weighted by Gasteiger charge is -2.22. The third kappa shape index (κ3) is 2.77. The first-order valence-corrected chi connectivity index (χ1v) is 9.82. The van der Waals surface area contributed by atoms with E-state index in [1.807, 2.05) is 33.0 Å². The number of benzene rings is 1. The van der Waals surface area contributed by atoms with Gasteiger partial charge in [-0.3, -0.25) is 4.79 Å². The Morgan fingerprint density at radius 3 is 2.73 bits per heavy atom. The van der Waals surface area contributed by atoms with Crippen LogP contribution >= 0.6 is 0 Å². The number of halogens is 1. The fourth-order valence-corrected chi connectivity index (χ4v) is 4.18. The fourth-order valence-electron chi connectivity index (χ4n) is 4.18. The average molecular weight is 404 g/mol. The van der Waals surface area contributed by atoms with Gasteiger partial charge in [0.05, 0.1) is 11.3 Å².